The Morgan fingerprint density at radius 2 is 1.79 bits per heavy atom. The van der Waals surface area contributed by atoms with Gasteiger partial charge in [0.05, 0.1) is 12.1 Å². The first kappa shape index (κ1) is 16.0. The summed E-state index contributed by atoms with van der Waals surface area (Å²) in [5, 5.41) is 11.7. The second kappa shape index (κ2) is 6.69. The van der Waals surface area contributed by atoms with Gasteiger partial charge in [0.25, 0.3) is 0 Å². The molecule has 0 spiro atoms. The average Bonchev–Trinajstić information content (AvgIpc) is 3.04. The van der Waals surface area contributed by atoms with Gasteiger partial charge in [-0.1, -0.05) is 30.3 Å². The van der Waals surface area contributed by atoms with Crippen molar-refractivity contribution in [3.63, 3.8) is 0 Å². The first-order valence-electron chi connectivity index (χ1n) is 7.16. The maximum atomic E-state index is 12.7. The van der Waals surface area contributed by atoms with E-state index in [1.807, 2.05) is 30.3 Å². The van der Waals surface area contributed by atoms with Crippen LogP contribution < -0.4 is 4.74 Å². The Labute approximate surface area is 135 Å². The maximum absolute atomic E-state index is 12.7. The number of hydrogen-bond donors (Lipinski definition) is 0. The van der Waals surface area contributed by atoms with Gasteiger partial charge in [-0.3, -0.25) is 0 Å². The van der Waals surface area contributed by atoms with E-state index in [2.05, 4.69) is 15.4 Å². The van der Waals surface area contributed by atoms with Crippen LogP contribution in [-0.2, 0) is 12.7 Å². The molecule has 0 saturated heterocycles. The van der Waals surface area contributed by atoms with E-state index in [1.165, 1.54) is 16.9 Å². The minimum atomic E-state index is -4.41. The van der Waals surface area contributed by atoms with Crippen LogP contribution in [0.15, 0.2) is 54.6 Å². The first-order chi connectivity index (χ1) is 11.5. The minimum absolute atomic E-state index is 0.140. The summed E-state index contributed by atoms with van der Waals surface area (Å²) in [5.74, 6) is 0.858. The Morgan fingerprint density at radius 3 is 2.54 bits per heavy atom. The lowest BCUT2D eigenvalue weighted by Crippen LogP contribution is -2.11. The second-order valence-electron chi connectivity index (χ2n) is 4.95. The molecule has 0 aliphatic heterocycles. The van der Waals surface area contributed by atoms with Gasteiger partial charge < -0.3 is 4.74 Å². The molecule has 0 aliphatic carbocycles. The van der Waals surface area contributed by atoms with Gasteiger partial charge in [0.15, 0.2) is 0 Å². The third kappa shape index (κ3) is 3.89. The summed E-state index contributed by atoms with van der Waals surface area (Å²) in [6.07, 6.45) is -4.41. The van der Waals surface area contributed by atoms with Crippen molar-refractivity contribution >= 4 is 0 Å². The van der Waals surface area contributed by atoms with Crippen molar-refractivity contribution in [1.82, 2.24) is 20.2 Å². The van der Waals surface area contributed by atoms with E-state index in [0.717, 1.165) is 17.9 Å². The summed E-state index contributed by atoms with van der Waals surface area (Å²) in [4.78, 5) is 1.29. The molecule has 0 bridgehead atoms. The van der Waals surface area contributed by atoms with Gasteiger partial charge in [0.1, 0.15) is 12.4 Å². The van der Waals surface area contributed by atoms with Crippen molar-refractivity contribution in [3.05, 3.63) is 60.2 Å². The smallest absolute Gasteiger partial charge is 0.416 e. The highest BCUT2D eigenvalue weighted by Crippen LogP contribution is 2.31. The zero-order valence-corrected chi connectivity index (χ0v) is 12.4. The summed E-state index contributed by atoms with van der Waals surface area (Å²) in [5.41, 5.74) is -0.483. The highest BCUT2D eigenvalue weighted by atomic mass is 19.4. The molecule has 0 amide bonds. The quantitative estimate of drug-likeness (QED) is 0.717. The van der Waals surface area contributed by atoms with Crippen LogP contribution in [0.3, 0.4) is 0 Å². The van der Waals surface area contributed by atoms with E-state index >= 15 is 0 Å². The largest absolute Gasteiger partial charge is 0.492 e. The Morgan fingerprint density at radius 1 is 1.00 bits per heavy atom. The van der Waals surface area contributed by atoms with Crippen molar-refractivity contribution in [2.75, 3.05) is 6.61 Å². The molecule has 8 heteroatoms. The van der Waals surface area contributed by atoms with E-state index in [9.17, 15) is 13.2 Å². The number of ether oxygens (including phenoxy) is 1. The molecule has 0 saturated carbocycles. The van der Waals surface area contributed by atoms with Crippen LogP contribution in [-0.4, -0.2) is 26.8 Å². The summed E-state index contributed by atoms with van der Waals surface area (Å²) in [6, 6.07) is 14.1. The Kier molecular flexibility index (Phi) is 4.45. The predicted molar refractivity (Wildman–Crippen MR) is 80.2 cm³/mol. The molecule has 0 atom stereocenters. The monoisotopic (exact) mass is 334 g/mol. The van der Waals surface area contributed by atoms with Crippen molar-refractivity contribution in [2.45, 2.75) is 12.7 Å². The normalized spacial score (nSPS) is 11.5. The van der Waals surface area contributed by atoms with Crippen LogP contribution in [0, 0.1) is 0 Å². The van der Waals surface area contributed by atoms with E-state index in [0.29, 0.717) is 13.2 Å². The predicted octanol–water partition coefficient (Wildman–Crippen LogP) is 3.44. The van der Waals surface area contributed by atoms with Crippen LogP contribution in [0.5, 0.6) is 5.75 Å². The third-order valence-corrected chi connectivity index (χ3v) is 3.20. The molecule has 0 aliphatic rings. The zero-order chi connectivity index (χ0) is 17.0. The number of benzene rings is 2. The summed E-state index contributed by atoms with van der Waals surface area (Å²) in [7, 11) is 0. The van der Waals surface area contributed by atoms with Gasteiger partial charge in [-0.25, -0.2) is 0 Å². The lowest BCUT2D eigenvalue weighted by atomic mass is 10.1. The molecular weight excluding hydrogens is 321 g/mol. The molecule has 3 rings (SSSR count). The Hall–Kier alpha value is -2.90. The zero-order valence-electron chi connectivity index (χ0n) is 12.4. The van der Waals surface area contributed by atoms with Crippen molar-refractivity contribution in [2.24, 2.45) is 0 Å². The van der Waals surface area contributed by atoms with Crippen LogP contribution in [0.1, 0.15) is 5.56 Å². The van der Waals surface area contributed by atoms with Crippen LogP contribution >= 0.6 is 0 Å². The number of hydrogen-bond acceptors (Lipinski definition) is 4. The molecule has 3 aromatic rings. The molecule has 24 heavy (non-hydrogen) atoms. The number of para-hydroxylation sites is 1. The maximum Gasteiger partial charge on any atom is 0.416 e. The van der Waals surface area contributed by atoms with Gasteiger partial charge in [-0.05, 0) is 29.5 Å². The SMILES string of the molecule is FC(F)(F)c1cccc(-c2nnn(CCOc3ccccc3)n2)c1. The topological polar surface area (TPSA) is 52.8 Å². The molecule has 0 unspecified atom stereocenters. The first-order valence-corrected chi connectivity index (χ1v) is 7.16. The molecule has 2 aromatic carbocycles. The Bertz CT molecular complexity index is 802. The van der Waals surface area contributed by atoms with Crippen LogP contribution in [0.4, 0.5) is 13.2 Å². The second-order valence-corrected chi connectivity index (χ2v) is 4.95. The van der Waals surface area contributed by atoms with Gasteiger partial charge in [0, 0.05) is 5.56 Å². The number of rotatable bonds is 5. The van der Waals surface area contributed by atoms with Gasteiger partial charge in [-0.2, -0.15) is 18.0 Å². The van der Waals surface area contributed by atoms with E-state index in [4.69, 9.17) is 4.74 Å². The van der Waals surface area contributed by atoms with Crippen LogP contribution in [0.2, 0.25) is 0 Å². The molecule has 1 aromatic heterocycles. The summed E-state index contributed by atoms with van der Waals surface area (Å²) < 4.78 is 43.7. The molecule has 124 valence electrons. The number of alkyl halides is 3. The molecular formula is C16H13F3N4O. The molecule has 0 fully saturated rings. The summed E-state index contributed by atoms with van der Waals surface area (Å²) >= 11 is 0. The number of nitrogens with zero attached hydrogens (tertiary/aromatic N) is 4. The van der Waals surface area contributed by atoms with Crippen molar-refractivity contribution < 1.29 is 17.9 Å². The molecule has 5 nitrogen and oxygen atoms in total. The van der Waals surface area contributed by atoms with E-state index < -0.39 is 11.7 Å². The third-order valence-electron chi connectivity index (χ3n) is 3.20. The van der Waals surface area contributed by atoms with E-state index in [-0.39, 0.29) is 11.4 Å². The highest BCUT2D eigenvalue weighted by Gasteiger charge is 2.30. The number of halogens is 3. The van der Waals surface area contributed by atoms with E-state index in [1.54, 1.807) is 0 Å². The fourth-order valence-corrected chi connectivity index (χ4v) is 2.05. The van der Waals surface area contributed by atoms with Crippen LogP contribution in [0.25, 0.3) is 11.4 Å². The lowest BCUT2D eigenvalue weighted by molar-refractivity contribution is -0.137. The lowest BCUT2D eigenvalue weighted by Gasteiger charge is -2.06. The minimum Gasteiger partial charge on any atom is -0.492 e. The average molecular weight is 334 g/mol. The standard InChI is InChI=1S/C16H13F3N4O/c17-16(18,19)13-6-4-5-12(11-13)15-20-22-23(21-15)9-10-24-14-7-2-1-3-8-14/h1-8,11H,9-10H2. The van der Waals surface area contributed by atoms with Crippen molar-refractivity contribution in [3.8, 4) is 17.1 Å². The fraction of sp³-hybridized carbons (Fsp3) is 0.188. The fourth-order valence-electron chi connectivity index (χ4n) is 2.05. The number of tetrazole rings is 1. The Balaban J connectivity index is 1.65. The van der Waals surface area contributed by atoms with Gasteiger partial charge in [-0.15, -0.1) is 10.2 Å². The van der Waals surface area contributed by atoms with Crippen molar-refractivity contribution in [1.29, 1.82) is 0 Å². The van der Waals surface area contributed by atoms with Gasteiger partial charge in [0.2, 0.25) is 5.82 Å². The highest BCUT2D eigenvalue weighted by molar-refractivity contribution is 5.55. The molecule has 0 N–H and O–H groups in total. The number of aromatic nitrogens is 4. The van der Waals surface area contributed by atoms with Gasteiger partial charge >= 0.3 is 6.18 Å². The summed E-state index contributed by atoms with van der Waals surface area (Å²) in [6.45, 7) is 0.656. The molecule has 0 radical (unpaired) electrons. The molecule has 1 heterocycles.